The van der Waals surface area contributed by atoms with Crippen LogP contribution >= 0.6 is 11.6 Å². The normalized spacial score (nSPS) is 21.2. The van der Waals surface area contributed by atoms with Crippen LogP contribution in [0.3, 0.4) is 0 Å². The fourth-order valence-electron chi connectivity index (χ4n) is 4.52. The molecule has 1 aliphatic carbocycles. The van der Waals surface area contributed by atoms with Gasteiger partial charge in [-0.05, 0) is 30.5 Å². The van der Waals surface area contributed by atoms with Gasteiger partial charge in [-0.2, -0.15) is 18.3 Å². The molecular formula is C22H26ClF3N4O3. The first kappa shape index (κ1) is 23.5. The molecule has 4 rings (SSSR count). The Hall–Kier alpha value is -2.62. The van der Waals surface area contributed by atoms with Crippen molar-refractivity contribution in [1.29, 1.82) is 0 Å². The lowest BCUT2D eigenvalue weighted by molar-refractivity contribution is -0.173. The van der Waals surface area contributed by atoms with Crippen LogP contribution in [-0.4, -0.2) is 42.1 Å². The minimum atomic E-state index is -4.59. The molecule has 11 heteroatoms. The van der Waals surface area contributed by atoms with E-state index in [1.54, 1.807) is 18.2 Å². The number of carbonyl (C=O) groups is 1. The minimum absolute atomic E-state index is 0.0214. The Bertz CT molecular complexity index is 1020. The van der Waals surface area contributed by atoms with Crippen LogP contribution < -0.4 is 20.1 Å². The van der Waals surface area contributed by atoms with E-state index in [4.69, 9.17) is 21.1 Å². The predicted molar refractivity (Wildman–Crippen MR) is 117 cm³/mol. The third kappa shape index (κ3) is 4.71. The molecule has 1 amide bonds. The van der Waals surface area contributed by atoms with Crippen LogP contribution in [0.25, 0.3) is 0 Å². The molecule has 1 aliphatic heterocycles. The number of fused-ring (bicyclic) bond motifs is 1. The van der Waals surface area contributed by atoms with Gasteiger partial charge >= 0.3 is 6.18 Å². The molecule has 1 saturated carbocycles. The summed E-state index contributed by atoms with van der Waals surface area (Å²) in [6, 6.07) is 2.23. The summed E-state index contributed by atoms with van der Waals surface area (Å²) >= 11 is 6.41. The largest absolute Gasteiger partial charge is 0.493 e. The van der Waals surface area contributed by atoms with E-state index >= 15 is 0 Å². The van der Waals surface area contributed by atoms with Crippen LogP contribution in [0.1, 0.15) is 66.7 Å². The van der Waals surface area contributed by atoms with Gasteiger partial charge in [-0.1, -0.05) is 36.9 Å². The fourth-order valence-corrected chi connectivity index (χ4v) is 4.79. The number of halogens is 4. The molecule has 2 N–H and O–H groups in total. The van der Waals surface area contributed by atoms with E-state index in [-0.39, 0.29) is 29.0 Å². The van der Waals surface area contributed by atoms with Crippen molar-refractivity contribution in [2.24, 2.45) is 0 Å². The predicted octanol–water partition coefficient (Wildman–Crippen LogP) is 5.28. The number of anilines is 1. The zero-order valence-corrected chi connectivity index (χ0v) is 19.1. The standard InChI is InChI=1S/C22H26ClF3N4O3/c1-32-15-9-8-12(10-16(15)33-2)14-11-17(22(24,25)26)30-20(28-14)18(23)19(29-30)21(31)27-13-6-4-3-5-7-13/h8-10,13-14,17,28H,3-7,11H2,1-2H3,(H,27,31)/t14-,17-/m1/s1. The number of benzene rings is 1. The first-order valence-electron chi connectivity index (χ1n) is 10.9. The van der Waals surface area contributed by atoms with Gasteiger partial charge < -0.3 is 20.1 Å². The van der Waals surface area contributed by atoms with Gasteiger partial charge in [0, 0.05) is 12.5 Å². The Labute approximate surface area is 194 Å². The number of alkyl halides is 3. The van der Waals surface area contributed by atoms with Crippen LogP contribution in [0.5, 0.6) is 11.5 Å². The second-order valence-corrected chi connectivity index (χ2v) is 8.75. The summed E-state index contributed by atoms with van der Waals surface area (Å²) in [5.41, 5.74) is 0.366. The van der Waals surface area contributed by atoms with E-state index in [1.807, 2.05) is 0 Å². The molecule has 2 aliphatic rings. The Kier molecular flexibility index (Phi) is 6.65. The van der Waals surface area contributed by atoms with E-state index in [1.165, 1.54) is 14.2 Å². The lowest BCUT2D eigenvalue weighted by Crippen LogP contribution is -2.37. The molecule has 1 aromatic heterocycles. The maximum absolute atomic E-state index is 14.0. The van der Waals surface area contributed by atoms with Gasteiger partial charge in [0.2, 0.25) is 0 Å². The van der Waals surface area contributed by atoms with Crippen molar-refractivity contribution in [3.05, 3.63) is 34.5 Å². The smallest absolute Gasteiger partial charge is 0.410 e. The van der Waals surface area contributed by atoms with Gasteiger partial charge in [-0.3, -0.25) is 4.79 Å². The molecular weight excluding hydrogens is 461 g/mol. The average molecular weight is 487 g/mol. The number of methoxy groups -OCH3 is 2. The number of ether oxygens (including phenoxy) is 2. The molecule has 2 atom stereocenters. The quantitative estimate of drug-likeness (QED) is 0.601. The van der Waals surface area contributed by atoms with Crippen molar-refractivity contribution < 1.29 is 27.4 Å². The number of carbonyl (C=O) groups excluding carboxylic acids is 1. The molecule has 1 fully saturated rings. The number of amides is 1. The van der Waals surface area contributed by atoms with E-state index in [0.29, 0.717) is 17.1 Å². The molecule has 0 radical (unpaired) electrons. The summed E-state index contributed by atoms with van der Waals surface area (Å²) in [5.74, 6) is 0.283. The fraction of sp³-hybridized carbons (Fsp3) is 0.545. The van der Waals surface area contributed by atoms with Gasteiger partial charge in [0.15, 0.2) is 23.2 Å². The molecule has 1 aromatic carbocycles. The van der Waals surface area contributed by atoms with Crippen molar-refractivity contribution in [3.63, 3.8) is 0 Å². The van der Waals surface area contributed by atoms with E-state index in [2.05, 4.69) is 15.7 Å². The third-order valence-corrected chi connectivity index (χ3v) is 6.62. The van der Waals surface area contributed by atoms with Crippen molar-refractivity contribution in [3.8, 4) is 11.5 Å². The van der Waals surface area contributed by atoms with Crippen molar-refractivity contribution in [1.82, 2.24) is 15.1 Å². The summed E-state index contributed by atoms with van der Waals surface area (Å²) in [7, 11) is 2.94. The SMILES string of the molecule is COc1ccc([C@H]2C[C@H](C(F)(F)F)n3nc(C(=O)NC4CCCCC4)c(Cl)c3N2)cc1OC. The van der Waals surface area contributed by atoms with E-state index < -0.39 is 24.2 Å². The summed E-state index contributed by atoms with van der Waals surface area (Å²) in [6.45, 7) is 0. The van der Waals surface area contributed by atoms with Gasteiger partial charge in [0.05, 0.1) is 20.3 Å². The van der Waals surface area contributed by atoms with Crippen molar-refractivity contribution in [2.45, 2.75) is 62.8 Å². The molecule has 0 spiro atoms. The molecule has 0 bridgehead atoms. The lowest BCUT2D eigenvalue weighted by atomic mass is 9.95. The van der Waals surface area contributed by atoms with Crippen LogP contribution in [0.4, 0.5) is 19.0 Å². The second kappa shape index (κ2) is 9.32. The highest BCUT2D eigenvalue weighted by atomic mass is 35.5. The summed E-state index contributed by atoms with van der Waals surface area (Å²) in [4.78, 5) is 12.8. The van der Waals surface area contributed by atoms with E-state index in [9.17, 15) is 18.0 Å². The Morgan fingerprint density at radius 3 is 2.52 bits per heavy atom. The highest BCUT2D eigenvalue weighted by Gasteiger charge is 2.48. The van der Waals surface area contributed by atoms with Crippen LogP contribution in [0.2, 0.25) is 5.02 Å². The average Bonchev–Trinajstić information content (AvgIpc) is 3.14. The Balaban J connectivity index is 1.66. The highest BCUT2D eigenvalue weighted by Crippen LogP contribution is 2.47. The number of hydrogen-bond acceptors (Lipinski definition) is 5. The van der Waals surface area contributed by atoms with Gasteiger partial charge in [-0.15, -0.1) is 0 Å². The number of hydrogen-bond donors (Lipinski definition) is 2. The molecule has 2 aromatic rings. The Morgan fingerprint density at radius 2 is 1.88 bits per heavy atom. The maximum Gasteiger partial charge on any atom is 0.410 e. The molecule has 7 nitrogen and oxygen atoms in total. The van der Waals surface area contributed by atoms with Gasteiger partial charge in [-0.25, -0.2) is 4.68 Å². The minimum Gasteiger partial charge on any atom is -0.493 e. The molecule has 33 heavy (non-hydrogen) atoms. The zero-order chi connectivity index (χ0) is 23.8. The highest BCUT2D eigenvalue weighted by molar-refractivity contribution is 6.36. The summed E-state index contributed by atoms with van der Waals surface area (Å²) in [6.07, 6.45) is -0.123. The molecule has 0 saturated heterocycles. The molecule has 2 heterocycles. The maximum atomic E-state index is 14.0. The topological polar surface area (TPSA) is 77.4 Å². The number of nitrogens with zero attached hydrogens (tertiary/aromatic N) is 2. The monoisotopic (exact) mass is 486 g/mol. The van der Waals surface area contributed by atoms with Crippen LogP contribution in [-0.2, 0) is 0 Å². The summed E-state index contributed by atoms with van der Waals surface area (Å²) in [5, 5.41) is 9.79. The molecule has 0 unspecified atom stereocenters. The van der Waals surface area contributed by atoms with Crippen molar-refractivity contribution >= 4 is 23.3 Å². The number of rotatable bonds is 5. The van der Waals surface area contributed by atoms with Crippen molar-refractivity contribution in [2.75, 3.05) is 19.5 Å². The molecule has 180 valence electrons. The number of nitrogens with one attached hydrogen (secondary N) is 2. The van der Waals surface area contributed by atoms with Crippen LogP contribution in [0.15, 0.2) is 18.2 Å². The third-order valence-electron chi connectivity index (χ3n) is 6.26. The first-order valence-corrected chi connectivity index (χ1v) is 11.2. The second-order valence-electron chi connectivity index (χ2n) is 8.37. The van der Waals surface area contributed by atoms with Gasteiger partial charge in [0.25, 0.3) is 5.91 Å². The summed E-state index contributed by atoms with van der Waals surface area (Å²) < 4.78 is 53.3. The lowest BCUT2D eigenvalue weighted by Gasteiger charge is -2.33. The zero-order valence-electron chi connectivity index (χ0n) is 18.3. The van der Waals surface area contributed by atoms with Crippen LogP contribution in [0, 0.1) is 0 Å². The van der Waals surface area contributed by atoms with E-state index in [0.717, 1.165) is 36.8 Å². The first-order chi connectivity index (χ1) is 15.7. The van der Waals surface area contributed by atoms with Gasteiger partial charge in [0.1, 0.15) is 10.8 Å². The number of aromatic nitrogens is 2. The Morgan fingerprint density at radius 1 is 1.18 bits per heavy atom.